The first kappa shape index (κ1) is 21.0. The van der Waals surface area contributed by atoms with Gasteiger partial charge < -0.3 is 5.32 Å². The fourth-order valence-electron chi connectivity index (χ4n) is 3.36. The molecule has 29 heavy (non-hydrogen) atoms. The van der Waals surface area contributed by atoms with Gasteiger partial charge in [0.05, 0.1) is 11.0 Å². The molecule has 1 saturated heterocycles. The SMILES string of the molecule is Cc1ccc(S(=O)(=O)N2CCCCC2)cc1C(=O)NC(C#N)c1ccccc1F. The quantitative estimate of drug-likeness (QED) is 0.811. The molecule has 3 rings (SSSR count). The van der Waals surface area contributed by atoms with Crippen LogP contribution in [-0.2, 0) is 10.0 Å². The number of hydrogen-bond donors (Lipinski definition) is 1. The van der Waals surface area contributed by atoms with E-state index in [9.17, 15) is 22.9 Å². The van der Waals surface area contributed by atoms with Gasteiger partial charge in [-0.25, -0.2) is 12.8 Å². The van der Waals surface area contributed by atoms with E-state index in [2.05, 4.69) is 5.32 Å². The van der Waals surface area contributed by atoms with Gasteiger partial charge in [0.2, 0.25) is 10.0 Å². The Bertz CT molecular complexity index is 1060. The second-order valence-electron chi connectivity index (χ2n) is 7.00. The first-order valence-electron chi connectivity index (χ1n) is 9.40. The predicted octanol–water partition coefficient (Wildman–Crippen LogP) is 3.30. The van der Waals surface area contributed by atoms with Crippen LogP contribution in [0, 0.1) is 24.1 Å². The molecule has 1 heterocycles. The molecule has 152 valence electrons. The third kappa shape index (κ3) is 4.47. The van der Waals surface area contributed by atoms with Crippen LogP contribution in [0.25, 0.3) is 0 Å². The molecule has 2 aromatic rings. The monoisotopic (exact) mass is 415 g/mol. The fourth-order valence-corrected chi connectivity index (χ4v) is 4.90. The zero-order chi connectivity index (χ0) is 21.0. The van der Waals surface area contributed by atoms with Crippen LogP contribution in [0.15, 0.2) is 47.4 Å². The van der Waals surface area contributed by atoms with E-state index in [-0.39, 0.29) is 16.0 Å². The van der Waals surface area contributed by atoms with Gasteiger partial charge in [-0.1, -0.05) is 30.7 Å². The van der Waals surface area contributed by atoms with Crippen molar-refractivity contribution in [3.05, 3.63) is 65.0 Å². The van der Waals surface area contributed by atoms with E-state index in [1.54, 1.807) is 19.1 Å². The minimum Gasteiger partial charge on any atom is -0.332 e. The third-order valence-electron chi connectivity index (χ3n) is 5.03. The van der Waals surface area contributed by atoms with E-state index < -0.39 is 27.8 Å². The standard InChI is InChI=1S/C21H22FN3O3S/c1-15-9-10-16(29(27,28)25-11-5-2-6-12-25)13-18(15)21(26)24-20(14-23)17-7-3-4-8-19(17)22/h3-4,7-10,13,20H,2,5-6,11-12H2,1H3,(H,24,26). The Morgan fingerprint density at radius 2 is 1.86 bits per heavy atom. The van der Waals surface area contributed by atoms with Crippen LogP contribution in [0.4, 0.5) is 4.39 Å². The van der Waals surface area contributed by atoms with E-state index in [1.807, 2.05) is 6.07 Å². The molecule has 1 aliphatic heterocycles. The summed E-state index contributed by atoms with van der Waals surface area (Å²) in [7, 11) is -3.70. The van der Waals surface area contributed by atoms with E-state index in [4.69, 9.17) is 0 Å². The molecule has 2 aromatic carbocycles. The summed E-state index contributed by atoms with van der Waals surface area (Å²) in [5.74, 6) is -1.23. The highest BCUT2D eigenvalue weighted by atomic mass is 32.2. The molecular weight excluding hydrogens is 393 g/mol. The van der Waals surface area contributed by atoms with Crippen LogP contribution in [0.1, 0.15) is 46.8 Å². The van der Waals surface area contributed by atoms with Gasteiger partial charge in [0.1, 0.15) is 11.9 Å². The average molecular weight is 415 g/mol. The van der Waals surface area contributed by atoms with Gasteiger partial charge in [-0.15, -0.1) is 0 Å². The minimum atomic E-state index is -3.70. The molecule has 1 atom stereocenters. The van der Waals surface area contributed by atoms with Gasteiger partial charge in [0, 0.05) is 24.2 Å². The van der Waals surface area contributed by atoms with E-state index in [0.29, 0.717) is 18.7 Å². The number of rotatable bonds is 5. The zero-order valence-corrected chi connectivity index (χ0v) is 16.9. The highest BCUT2D eigenvalue weighted by molar-refractivity contribution is 7.89. The number of nitrogens with one attached hydrogen (secondary N) is 1. The molecule has 1 N–H and O–H groups in total. The summed E-state index contributed by atoms with van der Waals surface area (Å²) in [6.45, 7) is 2.60. The van der Waals surface area contributed by atoms with Crippen molar-refractivity contribution in [3.63, 3.8) is 0 Å². The largest absolute Gasteiger partial charge is 0.332 e. The maximum Gasteiger partial charge on any atom is 0.252 e. The topological polar surface area (TPSA) is 90.3 Å². The van der Waals surface area contributed by atoms with Crippen LogP contribution < -0.4 is 5.32 Å². The molecule has 1 unspecified atom stereocenters. The summed E-state index contributed by atoms with van der Waals surface area (Å²) < 4.78 is 41.2. The Morgan fingerprint density at radius 3 is 2.52 bits per heavy atom. The first-order chi connectivity index (χ1) is 13.8. The highest BCUT2D eigenvalue weighted by Gasteiger charge is 2.27. The Kier molecular flexibility index (Phi) is 6.30. The number of nitriles is 1. The Balaban J connectivity index is 1.88. The average Bonchev–Trinajstić information content (AvgIpc) is 2.73. The molecule has 8 heteroatoms. The van der Waals surface area contributed by atoms with Crippen molar-refractivity contribution in [3.8, 4) is 6.07 Å². The number of carbonyl (C=O) groups excluding carboxylic acids is 1. The van der Waals surface area contributed by atoms with E-state index >= 15 is 0 Å². The molecule has 0 aliphatic carbocycles. The summed E-state index contributed by atoms with van der Waals surface area (Å²) in [4.78, 5) is 12.8. The normalized spacial score (nSPS) is 16.0. The van der Waals surface area contributed by atoms with Crippen molar-refractivity contribution in [1.29, 1.82) is 5.26 Å². The molecule has 0 bridgehead atoms. The van der Waals surface area contributed by atoms with Crippen LogP contribution in [0.2, 0.25) is 0 Å². The molecule has 0 radical (unpaired) electrons. The molecule has 1 fully saturated rings. The lowest BCUT2D eigenvalue weighted by atomic mass is 10.0. The lowest BCUT2D eigenvalue weighted by Gasteiger charge is -2.26. The second kappa shape index (κ2) is 8.72. The molecule has 0 spiro atoms. The molecule has 0 saturated carbocycles. The summed E-state index contributed by atoms with van der Waals surface area (Å²) >= 11 is 0. The molecule has 0 aromatic heterocycles. The number of sulfonamides is 1. The van der Waals surface area contributed by atoms with Crippen molar-refractivity contribution in [1.82, 2.24) is 9.62 Å². The number of amides is 1. The van der Waals surface area contributed by atoms with Crippen molar-refractivity contribution in [2.24, 2.45) is 0 Å². The first-order valence-corrected chi connectivity index (χ1v) is 10.8. The lowest BCUT2D eigenvalue weighted by Crippen LogP contribution is -2.36. The summed E-state index contributed by atoms with van der Waals surface area (Å²) in [6, 6.07) is 10.8. The van der Waals surface area contributed by atoms with Crippen LogP contribution in [0.5, 0.6) is 0 Å². The molecule has 1 aliphatic rings. The van der Waals surface area contributed by atoms with Gasteiger partial charge in [0.25, 0.3) is 5.91 Å². The van der Waals surface area contributed by atoms with Crippen molar-refractivity contribution in [2.75, 3.05) is 13.1 Å². The maximum absolute atomic E-state index is 14.0. The lowest BCUT2D eigenvalue weighted by molar-refractivity contribution is 0.0944. The Labute approximate surface area is 170 Å². The predicted molar refractivity (Wildman–Crippen MR) is 106 cm³/mol. The van der Waals surface area contributed by atoms with E-state index in [0.717, 1.165) is 19.3 Å². The van der Waals surface area contributed by atoms with Crippen molar-refractivity contribution < 1.29 is 17.6 Å². The number of carbonyl (C=O) groups is 1. The summed E-state index contributed by atoms with van der Waals surface area (Å²) in [5.41, 5.74) is 0.753. The number of piperidine rings is 1. The van der Waals surface area contributed by atoms with Crippen LogP contribution in [0.3, 0.4) is 0 Å². The van der Waals surface area contributed by atoms with Gasteiger partial charge in [-0.2, -0.15) is 9.57 Å². The minimum absolute atomic E-state index is 0.0366. The number of halogens is 1. The second-order valence-corrected chi connectivity index (χ2v) is 8.94. The van der Waals surface area contributed by atoms with E-state index in [1.165, 1.54) is 34.6 Å². The Hall–Kier alpha value is -2.76. The van der Waals surface area contributed by atoms with Crippen LogP contribution >= 0.6 is 0 Å². The fraction of sp³-hybridized carbons (Fsp3) is 0.333. The Morgan fingerprint density at radius 1 is 1.17 bits per heavy atom. The summed E-state index contributed by atoms with van der Waals surface area (Å²) in [5, 5.41) is 11.9. The van der Waals surface area contributed by atoms with Gasteiger partial charge in [-0.3, -0.25) is 4.79 Å². The van der Waals surface area contributed by atoms with Crippen LogP contribution in [-0.4, -0.2) is 31.7 Å². The molecular formula is C21H22FN3O3S. The third-order valence-corrected chi connectivity index (χ3v) is 6.92. The van der Waals surface area contributed by atoms with Gasteiger partial charge in [-0.05, 0) is 43.5 Å². The number of nitrogens with zero attached hydrogens (tertiary/aromatic N) is 2. The number of benzene rings is 2. The maximum atomic E-state index is 14.0. The molecule has 6 nitrogen and oxygen atoms in total. The van der Waals surface area contributed by atoms with Gasteiger partial charge in [0.15, 0.2) is 0 Å². The smallest absolute Gasteiger partial charge is 0.252 e. The molecule has 1 amide bonds. The van der Waals surface area contributed by atoms with Crippen molar-refractivity contribution >= 4 is 15.9 Å². The van der Waals surface area contributed by atoms with Gasteiger partial charge >= 0.3 is 0 Å². The number of aryl methyl sites for hydroxylation is 1. The zero-order valence-electron chi connectivity index (χ0n) is 16.1. The number of hydrogen-bond acceptors (Lipinski definition) is 4. The highest BCUT2D eigenvalue weighted by Crippen LogP contribution is 2.24. The van der Waals surface area contributed by atoms with Crippen molar-refractivity contribution in [2.45, 2.75) is 37.1 Å². The summed E-state index contributed by atoms with van der Waals surface area (Å²) in [6.07, 6.45) is 2.62.